The summed E-state index contributed by atoms with van der Waals surface area (Å²) in [5.41, 5.74) is 0.832. The van der Waals surface area contributed by atoms with Gasteiger partial charge < -0.3 is 5.32 Å². The minimum absolute atomic E-state index is 0.0751. The lowest BCUT2D eigenvalue weighted by molar-refractivity contribution is -0.126. The van der Waals surface area contributed by atoms with Crippen LogP contribution in [0.25, 0.3) is 0 Å². The highest BCUT2D eigenvalue weighted by atomic mass is 32.2. The number of benzene rings is 2. The monoisotopic (exact) mass is 434 g/mol. The normalized spacial score (nSPS) is 20.8. The Balaban J connectivity index is 1.39. The third-order valence-corrected chi connectivity index (χ3v) is 8.57. The quantitative estimate of drug-likeness (QED) is 0.799. The van der Waals surface area contributed by atoms with E-state index in [4.69, 9.17) is 0 Å². The van der Waals surface area contributed by atoms with E-state index < -0.39 is 10.0 Å². The molecule has 2 aliphatic heterocycles. The molecule has 2 aromatic rings. The van der Waals surface area contributed by atoms with Gasteiger partial charge in [-0.1, -0.05) is 18.2 Å². The van der Waals surface area contributed by atoms with E-state index in [-0.39, 0.29) is 28.6 Å². The van der Waals surface area contributed by atoms with Gasteiger partial charge in [0.1, 0.15) is 5.82 Å². The van der Waals surface area contributed by atoms with Crippen molar-refractivity contribution in [2.45, 2.75) is 35.1 Å². The van der Waals surface area contributed by atoms with Crippen LogP contribution in [0.5, 0.6) is 0 Å². The highest BCUT2D eigenvalue weighted by molar-refractivity contribution is 7.99. The molecular weight excluding hydrogens is 411 g/mol. The summed E-state index contributed by atoms with van der Waals surface area (Å²) in [5.74, 6) is 0.264. The van der Waals surface area contributed by atoms with Crippen molar-refractivity contribution in [1.29, 1.82) is 0 Å². The maximum absolute atomic E-state index is 13.7. The minimum atomic E-state index is -3.53. The topological polar surface area (TPSA) is 66.5 Å². The molecule has 8 heteroatoms. The summed E-state index contributed by atoms with van der Waals surface area (Å²) in [6.07, 6.45) is 1.72. The van der Waals surface area contributed by atoms with Crippen LogP contribution in [0, 0.1) is 11.7 Å². The molecule has 0 radical (unpaired) electrons. The number of nitrogens with zero attached hydrogens (tertiary/aromatic N) is 1. The van der Waals surface area contributed by atoms with Crippen molar-refractivity contribution in [3.05, 3.63) is 59.9 Å². The Labute approximate surface area is 174 Å². The highest BCUT2D eigenvalue weighted by Gasteiger charge is 2.33. The van der Waals surface area contributed by atoms with Crippen LogP contribution < -0.4 is 5.32 Å². The number of piperidine rings is 1. The molecule has 0 aromatic heterocycles. The number of hydrogen-bond acceptors (Lipinski definition) is 4. The molecule has 0 saturated carbocycles. The lowest BCUT2D eigenvalue weighted by Gasteiger charge is -2.32. The predicted octanol–water partition coefficient (Wildman–Crippen LogP) is 3.58. The van der Waals surface area contributed by atoms with Gasteiger partial charge in [-0.25, -0.2) is 12.8 Å². The third kappa shape index (κ3) is 4.34. The van der Waals surface area contributed by atoms with E-state index in [9.17, 15) is 17.6 Å². The van der Waals surface area contributed by atoms with E-state index in [2.05, 4.69) is 5.32 Å². The highest BCUT2D eigenvalue weighted by Crippen LogP contribution is 2.37. The van der Waals surface area contributed by atoms with Crippen LogP contribution in [0.15, 0.2) is 58.3 Å². The molecule has 4 rings (SSSR count). The predicted molar refractivity (Wildman–Crippen MR) is 111 cm³/mol. The average Bonchev–Trinajstić information content (AvgIpc) is 2.75. The Bertz CT molecular complexity index is 990. The minimum Gasteiger partial charge on any atom is -0.349 e. The van der Waals surface area contributed by atoms with Crippen LogP contribution in [0.2, 0.25) is 0 Å². The zero-order chi connectivity index (χ0) is 20.4. The number of thioether (sulfide) groups is 1. The third-order valence-electron chi connectivity index (χ3n) is 5.53. The van der Waals surface area contributed by atoms with E-state index in [1.807, 2.05) is 0 Å². The number of carbonyl (C=O) groups excluding carboxylic acids is 1. The van der Waals surface area contributed by atoms with Gasteiger partial charge in [-0.15, -0.1) is 11.8 Å². The fraction of sp³-hybridized carbons (Fsp3) is 0.381. The van der Waals surface area contributed by atoms with Crippen molar-refractivity contribution >= 4 is 27.7 Å². The Hall–Kier alpha value is -1.90. The zero-order valence-electron chi connectivity index (χ0n) is 15.9. The number of nitrogens with one attached hydrogen (secondary N) is 1. The number of rotatable bonds is 4. The molecular formula is C21H23FN2O3S2. The molecule has 1 saturated heterocycles. The lowest BCUT2D eigenvalue weighted by Crippen LogP contribution is -2.44. The summed E-state index contributed by atoms with van der Waals surface area (Å²) in [6, 6.07) is 12.9. The average molecular weight is 435 g/mol. The second-order valence-corrected chi connectivity index (χ2v) is 10.4. The standard InChI is InChI=1S/C21H23FN2O3S2/c22-16-6-7-20-18(14-16)19(10-13-28-20)23-21(25)15-8-11-24(12-9-15)29(26,27)17-4-2-1-3-5-17/h1-7,14-15,19H,8-13H2,(H,23,25)/t19-/m0/s1. The first-order valence-corrected chi connectivity index (χ1v) is 12.2. The molecule has 2 aliphatic rings. The molecule has 0 bridgehead atoms. The molecule has 1 N–H and O–H groups in total. The van der Waals surface area contributed by atoms with Crippen molar-refractivity contribution in [2.75, 3.05) is 18.8 Å². The fourth-order valence-corrected chi connectivity index (χ4v) is 6.50. The van der Waals surface area contributed by atoms with Crippen molar-refractivity contribution in [1.82, 2.24) is 9.62 Å². The van der Waals surface area contributed by atoms with E-state index in [0.29, 0.717) is 25.9 Å². The van der Waals surface area contributed by atoms with Crippen LogP contribution in [0.4, 0.5) is 4.39 Å². The first-order valence-electron chi connectivity index (χ1n) is 9.73. The summed E-state index contributed by atoms with van der Waals surface area (Å²) >= 11 is 1.67. The number of sulfonamides is 1. The van der Waals surface area contributed by atoms with Gasteiger partial charge in [0.05, 0.1) is 10.9 Å². The molecule has 154 valence electrons. The first kappa shape index (κ1) is 20.4. The molecule has 0 aliphatic carbocycles. The molecule has 0 spiro atoms. The smallest absolute Gasteiger partial charge is 0.243 e. The van der Waals surface area contributed by atoms with Gasteiger partial charge in [0.15, 0.2) is 0 Å². The van der Waals surface area contributed by atoms with Crippen molar-refractivity contribution < 1.29 is 17.6 Å². The summed E-state index contributed by atoms with van der Waals surface area (Å²) in [6.45, 7) is 0.641. The summed E-state index contributed by atoms with van der Waals surface area (Å²) in [5, 5.41) is 3.07. The van der Waals surface area contributed by atoms with Crippen LogP contribution in [-0.4, -0.2) is 37.5 Å². The Morgan fingerprint density at radius 2 is 1.79 bits per heavy atom. The van der Waals surface area contributed by atoms with Gasteiger partial charge in [0.25, 0.3) is 0 Å². The summed E-state index contributed by atoms with van der Waals surface area (Å²) in [7, 11) is -3.53. The number of carbonyl (C=O) groups is 1. The maximum atomic E-state index is 13.7. The van der Waals surface area contributed by atoms with Gasteiger partial charge in [0, 0.05) is 29.7 Å². The molecule has 2 aromatic carbocycles. The largest absolute Gasteiger partial charge is 0.349 e. The Kier molecular flexibility index (Phi) is 5.94. The van der Waals surface area contributed by atoms with Crippen molar-refractivity contribution in [2.24, 2.45) is 5.92 Å². The van der Waals surface area contributed by atoms with Crippen LogP contribution >= 0.6 is 11.8 Å². The molecule has 1 fully saturated rings. The number of fused-ring (bicyclic) bond motifs is 1. The van der Waals surface area contributed by atoms with E-state index in [1.54, 1.807) is 48.2 Å². The zero-order valence-corrected chi connectivity index (χ0v) is 17.5. The lowest BCUT2D eigenvalue weighted by atomic mass is 9.95. The van der Waals surface area contributed by atoms with Crippen LogP contribution in [-0.2, 0) is 14.8 Å². The molecule has 0 unspecified atom stereocenters. The molecule has 29 heavy (non-hydrogen) atoms. The van der Waals surface area contributed by atoms with Gasteiger partial charge in [0.2, 0.25) is 15.9 Å². The summed E-state index contributed by atoms with van der Waals surface area (Å²) in [4.78, 5) is 14.1. The number of amides is 1. The molecule has 5 nitrogen and oxygen atoms in total. The van der Waals surface area contributed by atoms with E-state index in [0.717, 1.165) is 22.6 Å². The molecule has 1 atom stereocenters. The van der Waals surface area contributed by atoms with Gasteiger partial charge >= 0.3 is 0 Å². The Morgan fingerprint density at radius 3 is 2.52 bits per heavy atom. The van der Waals surface area contributed by atoms with Crippen LogP contribution in [0.1, 0.15) is 30.9 Å². The second kappa shape index (κ2) is 8.45. The van der Waals surface area contributed by atoms with E-state index >= 15 is 0 Å². The fourth-order valence-electron chi connectivity index (χ4n) is 3.90. The second-order valence-electron chi connectivity index (χ2n) is 7.37. The molecule has 2 heterocycles. The van der Waals surface area contributed by atoms with Crippen LogP contribution in [0.3, 0.4) is 0 Å². The van der Waals surface area contributed by atoms with Crippen molar-refractivity contribution in [3.63, 3.8) is 0 Å². The number of halogens is 1. The van der Waals surface area contributed by atoms with E-state index in [1.165, 1.54) is 16.4 Å². The molecule has 1 amide bonds. The SMILES string of the molecule is O=C(N[C@H]1CCSc2ccc(F)cc21)C1CCN(S(=O)(=O)c2ccccc2)CC1. The maximum Gasteiger partial charge on any atom is 0.243 e. The van der Waals surface area contributed by atoms with Gasteiger partial charge in [-0.05, 0) is 55.2 Å². The first-order chi connectivity index (χ1) is 13.9. The van der Waals surface area contributed by atoms with Gasteiger partial charge in [-0.2, -0.15) is 4.31 Å². The number of hydrogen-bond donors (Lipinski definition) is 1. The Morgan fingerprint density at radius 1 is 1.07 bits per heavy atom. The van der Waals surface area contributed by atoms with Gasteiger partial charge in [-0.3, -0.25) is 4.79 Å². The summed E-state index contributed by atoms with van der Waals surface area (Å²) < 4.78 is 40.6. The van der Waals surface area contributed by atoms with Crippen molar-refractivity contribution in [3.8, 4) is 0 Å².